The van der Waals surface area contributed by atoms with Crippen molar-refractivity contribution in [1.29, 1.82) is 0 Å². The van der Waals surface area contributed by atoms with E-state index in [-0.39, 0.29) is 17.9 Å². The third kappa shape index (κ3) is 4.37. The highest BCUT2D eigenvalue weighted by atomic mass is 16.2. The highest BCUT2D eigenvalue weighted by Gasteiger charge is 2.33. The number of aromatic nitrogens is 3. The van der Waals surface area contributed by atoms with Gasteiger partial charge in [0.15, 0.2) is 0 Å². The topological polar surface area (TPSA) is 100 Å². The molecular formula is C23H24N6O2. The number of nitrogens with zero attached hydrogens (tertiary/aromatic N) is 4. The Kier molecular flexibility index (Phi) is 5.88. The number of carbonyl (C=O) groups is 2. The first-order chi connectivity index (χ1) is 15.1. The predicted molar refractivity (Wildman–Crippen MR) is 120 cm³/mol. The minimum atomic E-state index is -0.198. The van der Waals surface area contributed by atoms with E-state index in [1.54, 1.807) is 47.8 Å². The van der Waals surface area contributed by atoms with Gasteiger partial charge in [-0.1, -0.05) is 13.8 Å². The van der Waals surface area contributed by atoms with E-state index in [4.69, 9.17) is 0 Å². The van der Waals surface area contributed by atoms with E-state index in [1.807, 2.05) is 12.1 Å². The van der Waals surface area contributed by atoms with Crippen LogP contribution in [-0.4, -0.2) is 32.8 Å². The van der Waals surface area contributed by atoms with Gasteiger partial charge >= 0.3 is 0 Å². The van der Waals surface area contributed by atoms with E-state index < -0.39 is 0 Å². The Bertz CT molecular complexity index is 1080. The summed E-state index contributed by atoms with van der Waals surface area (Å²) in [4.78, 5) is 39.4. The number of hydrogen-bond acceptors (Lipinski definition) is 6. The Morgan fingerprint density at radius 1 is 1.06 bits per heavy atom. The number of hydrogen-bond donors (Lipinski definition) is 2. The van der Waals surface area contributed by atoms with Gasteiger partial charge in [-0.15, -0.1) is 0 Å². The van der Waals surface area contributed by atoms with Crippen molar-refractivity contribution in [2.24, 2.45) is 0 Å². The van der Waals surface area contributed by atoms with Crippen LogP contribution in [0, 0.1) is 0 Å². The maximum absolute atomic E-state index is 12.5. The van der Waals surface area contributed by atoms with Crippen LogP contribution in [0.15, 0.2) is 55.0 Å². The maximum Gasteiger partial charge on any atom is 0.255 e. The SMILES string of the molecule is CCC(CC)N1C(=O)Cc2cnc(Nc3ccc(NC(=O)c4ccncc4)cc3)nc21. The van der Waals surface area contributed by atoms with Crippen LogP contribution < -0.4 is 15.5 Å². The third-order valence-electron chi connectivity index (χ3n) is 5.33. The molecule has 8 nitrogen and oxygen atoms in total. The molecule has 4 rings (SSSR count). The highest BCUT2D eigenvalue weighted by Crippen LogP contribution is 2.31. The normalized spacial score (nSPS) is 12.7. The molecule has 0 aliphatic carbocycles. The van der Waals surface area contributed by atoms with Crippen LogP contribution in [-0.2, 0) is 11.2 Å². The molecule has 2 aromatic heterocycles. The summed E-state index contributed by atoms with van der Waals surface area (Å²) in [5.41, 5.74) is 2.85. The summed E-state index contributed by atoms with van der Waals surface area (Å²) < 4.78 is 0. The molecule has 0 fully saturated rings. The molecule has 0 unspecified atom stereocenters. The van der Waals surface area contributed by atoms with Gasteiger partial charge in [0.25, 0.3) is 5.91 Å². The van der Waals surface area contributed by atoms with Gasteiger partial charge < -0.3 is 10.6 Å². The van der Waals surface area contributed by atoms with E-state index in [0.717, 1.165) is 24.1 Å². The first-order valence-corrected chi connectivity index (χ1v) is 10.4. The van der Waals surface area contributed by atoms with Gasteiger partial charge in [0.2, 0.25) is 11.9 Å². The Morgan fingerprint density at radius 3 is 2.42 bits per heavy atom. The molecule has 1 aromatic carbocycles. The van der Waals surface area contributed by atoms with Crippen LogP contribution in [0.2, 0.25) is 0 Å². The van der Waals surface area contributed by atoms with Crippen LogP contribution in [0.3, 0.4) is 0 Å². The fourth-order valence-corrected chi connectivity index (χ4v) is 3.66. The van der Waals surface area contributed by atoms with Crippen LogP contribution in [0.25, 0.3) is 0 Å². The van der Waals surface area contributed by atoms with E-state index in [9.17, 15) is 9.59 Å². The molecule has 0 bridgehead atoms. The van der Waals surface area contributed by atoms with Crippen molar-refractivity contribution >= 4 is 35.0 Å². The average Bonchev–Trinajstić information content (AvgIpc) is 3.12. The summed E-state index contributed by atoms with van der Waals surface area (Å²) in [5, 5.41) is 6.02. The highest BCUT2D eigenvalue weighted by molar-refractivity contribution is 6.04. The lowest BCUT2D eigenvalue weighted by Gasteiger charge is -2.25. The van der Waals surface area contributed by atoms with Crippen molar-refractivity contribution in [3.05, 3.63) is 66.1 Å². The molecule has 3 heterocycles. The second-order valence-electron chi connectivity index (χ2n) is 7.35. The molecule has 8 heteroatoms. The fraction of sp³-hybridized carbons (Fsp3) is 0.261. The van der Waals surface area contributed by atoms with Gasteiger partial charge in [-0.05, 0) is 49.2 Å². The summed E-state index contributed by atoms with van der Waals surface area (Å²) in [7, 11) is 0. The minimum absolute atomic E-state index is 0.0736. The van der Waals surface area contributed by atoms with Gasteiger partial charge in [0.1, 0.15) is 5.82 Å². The summed E-state index contributed by atoms with van der Waals surface area (Å²) in [6, 6.07) is 10.7. The number of carbonyl (C=O) groups excluding carboxylic acids is 2. The second kappa shape index (κ2) is 8.91. The van der Waals surface area contributed by atoms with Crippen molar-refractivity contribution in [3.8, 4) is 0 Å². The standard InChI is InChI=1S/C23H24N6O2/c1-3-19(4-2)29-20(30)13-16-14-25-23(28-21(16)29)27-18-7-5-17(6-8-18)26-22(31)15-9-11-24-12-10-15/h5-12,14,19H,3-4,13H2,1-2H3,(H,26,31)(H,25,27,28). The van der Waals surface area contributed by atoms with E-state index >= 15 is 0 Å². The lowest BCUT2D eigenvalue weighted by atomic mass is 10.1. The Morgan fingerprint density at radius 2 is 1.74 bits per heavy atom. The van der Waals surface area contributed by atoms with Crippen LogP contribution >= 0.6 is 0 Å². The fourth-order valence-electron chi connectivity index (χ4n) is 3.66. The summed E-state index contributed by atoms with van der Waals surface area (Å²) in [5.74, 6) is 0.996. The zero-order valence-electron chi connectivity index (χ0n) is 17.5. The van der Waals surface area contributed by atoms with Crippen molar-refractivity contribution < 1.29 is 9.59 Å². The number of anilines is 4. The molecule has 0 atom stereocenters. The van der Waals surface area contributed by atoms with Crippen LogP contribution in [0.5, 0.6) is 0 Å². The number of rotatable bonds is 7. The quantitative estimate of drug-likeness (QED) is 0.605. The maximum atomic E-state index is 12.5. The molecule has 1 aliphatic rings. The van der Waals surface area contributed by atoms with Gasteiger partial charge in [-0.25, -0.2) is 4.98 Å². The number of pyridine rings is 1. The zero-order chi connectivity index (χ0) is 21.8. The lowest BCUT2D eigenvalue weighted by Crippen LogP contribution is -2.37. The number of fused-ring (bicyclic) bond motifs is 1. The van der Waals surface area contributed by atoms with Crippen LogP contribution in [0.4, 0.5) is 23.1 Å². The van der Waals surface area contributed by atoms with Gasteiger partial charge in [-0.3, -0.25) is 19.5 Å². The molecule has 3 aromatic rings. The van der Waals surface area contributed by atoms with E-state index in [2.05, 4.69) is 39.4 Å². The summed E-state index contributed by atoms with van der Waals surface area (Å²) in [6.07, 6.45) is 6.97. The first kappa shape index (κ1) is 20.5. The van der Waals surface area contributed by atoms with E-state index in [0.29, 0.717) is 29.4 Å². The number of nitrogens with one attached hydrogen (secondary N) is 2. The average molecular weight is 416 g/mol. The van der Waals surface area contributed by atoms with Crippen molar-refractivity contribution in [3.63, 3.8) is 0 Å². The van der Waals surface area contributed by atoms with Crippen LogP contribution in [0.1, 0.15) is 42.6 Å². The molecule has 31 heavy (non-hydrogen) atoms. The van der Waals surface area contributed by atoms with Gasteiger partial charge in [0.05, 0.1) is 6.42 Å². The Labute approximate surface area is 180 Å². The molecular weight excluding hydrogens is 392 g/mol. The molecule has 0 saturated carbocycles. The van der Waals surface area contributed by atoms with Gasteiger partial charge in [-0.2, -0.15) is 4.98 Å². The molecule has 0 saturated heterocycles. The summed E-state index contributed by atoms with van der Waals surface area (Å²) in [6.45, 7) is 4.16. The largest absolute Gasteiger partial charge is 0.324 e. The van der Waals surface area contributed by atoms with Gasteiger partial charge in [0, 0.05) is 47.1 Å². The zero-order valence-corrected chi connectivity index (χ0v) is 17.5. The van der Waals surface area contributed by atoms with E-state index in [1.165, 1.54) is 0 Å². The third-order valence-corrected chi connectivity index (χ3v) is 5.33. The lowest BCUT2D eigenvalue weighted by molar-refractivity contribution is -0.117. The summed E-state index contributed by atoms with van der Waals surface area (Å²) >= 11 is 0. The minimum Gasteiger partial charge on any atom is -0.324 e. The smallest absolute Gasteiger partial charge is 0.255 e. The molecule has 2 amide bonds. The number of benzene rings is 1. The molecule has 1 aliphatic heterocycles. The molecule has 158 valence electrons. The molecule has 0 radical (unpaired) electrons. The first-order valence-electron chi connectivity index (χ1n) is 10.4. The van der Waals surface area contributed by atoms with Crippen molar-refractivity contribution in [1.82, 2.24) is 15.0 Å². The number of amides is 2. The molecule has 0 spiro atoms. The predicted octanol–water partition coefficient (Wildman–Crippen LogP) is 3.95. The molecule has 2 N–H and O–H groups in total. The second-order valence-corrected chi connectivity index (χ2v) is 7.35. The monoisotopic (exact) mass is 416 g/mol. The Hall–Kier alpha value is -3.81. The van der Waals surface area contributed by atoms with Crippen molar-refractivity contribution in [2.45, 2.75) is 39.2 Å². The Balaban J connectivity index is 1.47. The van der Waals surface area contributed by atoms with Crippen molar-refractivity contribution in [2.75, 3.05) is 15.5 Å².